The highest BCUT2D eigenvalue weighted by Gasteiger charge is 2.52. The molecule has 3 aliphatic rings. The zero-order chi connectivity index (χ0) is 23.6. The molecule has 7 heteroatoms. The van der Waals surface area contributed by atoms with Crippen LogP contribution >= 0.6 is 11.6 Å². The number of aliphatic hydroxyl groups excluding tert-OH is 1. The van der Waals surface area contributed by atoms with Gasteiger partial charge in [0.1, 0.15) is 12.0 Å². The summed E-state index contributed by atoms with van der Waals surface area (Å²) in [5, 5.41) is 22.0. The van der Waals surface area contributed by atoms with Gasteiger partial charge in [0.15, 0.2) is 5.79 Å². The average Bonchev–Trinajstić information content (AvgIpc) is 3.45. The molecule has 2 aliphatic heterocycles. The molecule has 1 aliphatic carbocycles. The lowest BCUT2D eigenvalue weighted by molar-refractivity contribution is -0.318. The number of hydrogen-bond donors (Lipinski definition) is 2. The first-order valence-electron chi connectivity index (χ1n) is 11.4. The van der Waals surface area contributed by atoms with Crippen LogP contribution in [-0.2, 0) is 19.0 Å². The quantitative estimate of drug-likeness (QED) is 0.281. The van der Waals surface area contributed by atoms with Crippen molar-refractivity contribution in [3.05, 3.63) is 23.8 Å². The van der Waals surface area contributed by atoms with E-state index >= 15 is 0 Å². The van der Waals surface area contributed by atoms with E-state index in [0.717, 1.165) is 12.0 Å². The Balaban J connectivity index is 1.90. The number of hydrogen-bond acceptors (Lipinski definition) is 6. The van der Waals surface area contributed by atoms with Crippen molar-refractivity contribution in [2.45, 2.75) is 82.5 Å². The number of methoxy groups -OCH3 is 1. The number of rotatable bonds is 2. The number of halogens is 1. The molecular formula is C25H35ClO6. The van der Waals surface area contributed by atoms with Gasteiger partial charge in [-0.1, -0.05) is 37.3 Å². The molecule has 0 amide bonds. The summed E-state index contributed by atoms with van der Waals surface area (Å²) < 4.78 is 17.6. The van der Waals surface area contributed by atoms with Crippen molar-refractivity contribution < 1.29 is 29.2 Å². The van der Waals surface area contributed by atoms with Gasteiger partial charge < -0.3 is 24.4 Å². The maximum absolute atomic E-state index is 13.0. The molecule has 0 unspecified atom stereocenters. The summed E-state index contributed by atoms with van der Waals surface area (Å²) in [5.74, 6) is 2.52. The van der Waals surface area contributed by atoms with Crippen LogP contribution in [0.3, 0.4) is 0 Å². The Labute approximate surface area is 195 Å². The normalized spacial score (nSPS) is 46.7. The van der Waals surface area contributed by atoms with Gasteiger partial charge in [0.05, 0.1) is 18.3 Å². The number of ether oxygens (including phenoxy) is 3. The second kappa shape index (κ2) is 10.3. The summed E-state index contributed by atoms with van der Waals surface area (Å²) in [4.78, 5) is 13.0. The summed E-state index contributed by atoms with van der Waals surface area (Å²) in [6.45, 7) is 7.40. The molecule has 178 valence electrons. The van der Waals surface area contributed by atoms with Crippen LogP contribution in [-0.4, -0.2) is 58.9 Å². The predicted molar refractivity (Wildman–Crippen MR) is 122 cm³/mol. The van der Waals surface area contributed by atoms with E-state index in [-0.39, 0.29) is 35.7 Å². The Morgan fingerprint density at radius 1 is 1.31 bits per heavy atom. The molecule has 1 saturated heterocycles. The van der Waals surface area contributed by atoms with Crippen LogP contribution in [0.25, 0.3) is 0 Å². The Morgan fingerprint density at radius 2 is 2.00 bits per heavy atom. The number of cyclic esters (lactones) is 1. The van der Waals surface area contributed by atoms with Gasteiger partial charge in [-0.15, -0.1) is 11.6 Å². The smallest absolute Gasteiger partial charge is 0.314 e. The maximum atomic E-state index is 13.0. The number of alkyl halides is 1. The lowest BCUT2D eigenvalue weighted by Crippen LogP contribution is -2.58. The largest absolute Gasteiger partial charge is 0.457 e. The fourth-order valence-electron chi connectivity index (χ4n) is 4.46. The molecule has 0 radical (unpaired) electrons. The molecule has 10 atom stereocenters. The number of aliphatic hydroxyl groups is 2. The minimum atomic E-state index is -1.83. The molecule has 0 aromatic rings. The minimum absolute atomic E-state index is 0.0624. The predicted octanol–water partition coefficient (Wildman–Crippen LogP) is 3.20. The number of carbonyl (C=O) groups excluding carboxylic acids is 1. The van der Waals surface area contributed by atoms with Gasteiger partial charge in [-0.25, -0.2) is 0 Å². The summed E-state index contributed by atoms with van der Waals surface area (Å²) in [5.41, 5.74) is 0.995. The van der Waals surface area contributed by atoms with Crippen LogP contribution in [0.4, 0.5) is 0 Å². The van der Waals surface area contributed by atoms with E-state index < -0.39 is 36.0 Å². The Hall–Kier alpha value is -1.36. The minimum Gasteiger partial charge on any atom is -0.457 e. The van der Waals surface area contributed by atoms with Crippen molar-refractivity contribution in [3.63, 3.8) is 0 Å². The van der Waals surface area contributed by atoms with Crippen molar-refractivity contribution in [1.29, 1.82) is 0 Å². The third-order valence-electron chi connectivity index (χ3n) is 6.92. The lowest BCUT2D eigenvalue weighted by atomic mass is 9.78. The molecule has 0 spiro atoms. The number of fused-ring (bicyclic) bond motifs is 2. The van der Waals surface area contributed by atoms with Gasteiger partial charge in [0.2, 0.25) is 0 Å². The van der Waals surface area contributed by atoms with E-state index in [1.807, 2.05) is 26.8 Å². The van der Waals surface area contributed by atoms with E-state index in [9.17, 15) is 15.0 Å². The highest BCUT2D eigenvalue weighted by molar-refractivity contribution is 6.22. The van der Waals surface area contributed by atoms with Gasteiger partial charge in [-0.05, 0) is 32.4 Å². The van der Waals surface area contributed by atoms with Crippen molar-refractivity contribution in [2.24, 2.45) is 23.7 Å². The molecule has 2 bridgehead atoms. The summed E-state index contributed by atoms with van der Waals surface area (Å²) in [7, 11) is 1.63. The first-order chi connectivity index (χ1) is 15.1. The summed E-state index contributed by atoms with van der Waals surface area (Å²) >= 11 is 5.98. The lowest BCUT2D eigenvalue weighted by Gasteiger charge is -2.48. The van der Waals surface area contributed by atoms with E-state index in [1.165, 1.54) is 0 Å². The molecule has 3 rings (SSSR count). The summed E-state index contributed by atoms with van der Waals surface area (Å²) in [6.07, 6.45) is 4.60. The Kier molecular flexibility index (Phi) is 8.11. The molecule has 32 heavy (non-hydrogen) atoms. The van der Waals surface area contributed by atoms with Crippen LogP contribution in [0.1, 0.15) is 47.0 Å². The van der Waals surface area contributed by atoms with E-state index in [1.54, 1.807) is 26.2 Å². The SMILES string of the molecule is CO[C@@H]1/C=C(\C)C[C@H](/C=C/C#C[C@H]2C[C@@H]2Cl)OC(=O)[C@@H](C)[C@]2(O)C[C@H](O)[C@@H](C)[C@@H](O2)[C@@H]1C. The Bertz CT molecular complexity index is 813. The van der Waals surface area contributed by atoms with Crippen molar-refractivity contribution in [1.82, 2.24) is 0 Å². The van der Waals surface area contributed by atoms with Crippen LogP contribution in [0.15, 0.2) is 23.8 Å². The number of carbonyl (C=O) groups is 1. The molecule has 2 N–H and O–H groups in total. The highest BCUT2D eigenvalue weighted by Crippen LogP contribution is 2.41. The maximum Gasteiger partial charge on any atom is 0.314 e. The van der Waals surface area contributed by atoms with E-state index in [4.69, 9.17) is 25.8 Å². The van der Waals surface area contributed by atoms with Gasteiger partial charge in [0, 0.05) is 43.1 Å². The first-order valence-corrected chi connectivity index (χ1v) is 11.8. The monoisotopic (exact) mass is 466 g/mol. The van der Waals surface area contributed by atoms with E-state index in [0.29, 0.717) is 6.42 Å². The highest BCUT2D eigenvalue weighted by atomic mass is 35.5. The molecule has 1 saturated carbocycles. The van der Waals surface area contributed by atoms with Crippen LogP contribution in [0.5, 0.6) is 0 Å². The number of esters is 1. The second-order valence-electron chi connectivity index (χ2n) is 9.54. The fraction of sp³-hybridized carbons (Fsp3) is 0.720. The van der Waals surface area contributed by atoms with Crippen molar-refractivity contribution in [3.8, 4) is 11.8 Å². The third-order valence-corrected chi connectivity index (χ3v) is 7.40. The van der Waals surface area contributed by atoms with Crippen molar-refractivity contribution >= 4 is 17.6 Å². The summed E-state index contributed by atoms with van der Waals surface area (Å²) in [6, 6.07) is 0. The van der Waals surface area contributed by atoms with Crippen molar-refractivity contribution in [2.75, 3.05) is 7.11 Å². The molecular weight excluding hydrogens is 432 g/mol. The van der Waals surface area contributed by atoms with Crippen LogP contribution in [0.2, 0.25) is 0 Å². The molecule has 2 heterocycles. The van der Waals surface area contributed by atoms with E-state index in [2.05, 4.69) is 11.8 Å². The Morgan fingerprint density at radius 3 is 2.62 bits per heavy atom. The molecule has 0 aromatic heterocycles. The van der Waals surface area contributed by atoms with Gasteiger partial charge in [-0.2, -0.15) is 0 Å². The topological polar surface area (TPSA) is 85.2 Å². The fourth-order valence-corrected chi connectivity index (χ4v) is 4.71. The third kappa shape index (κ3) is 5.76. The van der Waals surface area contributed by atoms with Crippen LogP contribution < -0.4 is 0 Å². The molecule has 2 fully saturated rings. The van der Waals surface area contributed by atoms with Crippen LogP contribution in [0, 0.1) is 35.5 Å². The van der Waals surface area contributed by atoms with Gasteiger partial charge in [-0.3, -0.25) is 4.79 Å². The zero-order valence-corrected chi connectivity index (χ0v) is 20.2. The van der Waals surface area contributed by atoms with Gasteiger partial charge >= 0.3 is 5.97 Å². The molecule has 6 nitrogen and oxygen atoms in total. The van der Waals surface area contributed by atoms with Gasteiger partial charge in [0.25, 0.3) is 0 Å². The standard InChI is InChI=1S/C25H35ClO6/c1-14-10-19(9-7-6-8-18-12-20(18)26)31-24(28)17(4)25(29)13-21(27)15(2)23(32-25)16(3)22(11-14)30-5/h7,9,11,15-23,27,29H,10,12-13H2,1-5H3/b9-7+,14-11+/t15-,16-,17-,18+,19+,20+,21+,22-,23-,25+/m1/s1. The first kappa shape index (κ1) is 25.3. The molecule has 0 aromatic carbocycles. The second-order valence-corrected chi connectivity index (χ2v) is 10.1. The number of allylic oxidation sites excluding steroid dienone is 1. The average molecular weight is 467 g/mol. The zero-order valence-electron chi connectivity index (χ0n) is 19.5.